The van der Waals surface area contributed by atoms with Gasteiger partial charge in [0.15, 0.2) is 5.65 Å². The lowest BCUT2D eigenvalue weighted by Gasteiger charge is -2.30. The van der Waals surface area contributed by atoms with Crippen molar-refractivity contribution in [1.29, 1.82) is 0 Å². The second-order valence-corrected chi connectivity index (χ2v) is 12.8. The average Bonchev–Trinajstić information content (AvgIpc) is 3.11. The number of pyridine rings is 2. The summed E-state index contributed by atoms with van der Waals surface area (Å²) in [5, 5.41) is 12.4. The highest BCUT2D eigenvalue weighted by molar-refractivity contribution is 6.03. The lowest BCUT2D eigenvalue weighted by molar-refractivity contribution is 0.0696. The SMILES string of the molecule is CCC1C=CC2=C(CCc3c2ccc2cc(C4CCCCC4)cc(-c4ccccc4)c32)C1.O=C(O)c1cnc2ncccc2c1. The van der Waals surface area contributed by atoms with Gasteiger partial charge in [0.1, 0.15) is 0 Å². The minimum Gasteiger partial charge on any atom is -0.478 e. The van der Waals surface area contributed by atoms with E-state index < -0.39 is 5.97 Å². The molecule has 3 aliphatic carbocycles. The Morgan fingerprint density at radius 3 is 2.51 bits per heavy atom. The van der Waals surface area contributed by atoms with Crippen molar-refractivity contribution in [3.63, 3.8) is 0 Å². The number of fused-ring (bicyclic) bond motifs is 5. The zero-order valence-corrected chi connectivity index (χ0v) is 26.0. The van der Waals surface area contributed by atoms with Crippen LogP contribution in [0.5, 0.6) is 0 Å². The number of aromatic carboxylic acids is 1. The number of benzene rings is 3. The molecule has 1 saturated carbocycles. The Hall–Kier alpha value is -4.57. The fraction of sp³-hybridized carbons (Fsp3) is 0.293. The van der Waals surface area contributed by atoms with Crippen LogP contribution in [-0.4, -0.2) is 21.0 Å². The predicted molar refractivity (Wildman–Crippen MR) is 184 cm³/mol. The normalized spacial score (nSPS) is 17.8. The van der Waals surface area contributed by atoms with Gasteiger partial charge in [-0.15, -0.1) is 0 Å². The second-order valence-electron chi connectivity index (χ2n) is 12.8. The van der Waals surface area contributed by atoms with Crippen molar-refractivity contribution in [2.24, 2.45) is 5.92 Å². The predicted octanol–water partition coefficient (Wildman–Crippen LogP) is 10.6. The van der Waals surface area contributed by atoms with Crippen molar-refractivity contribution in [1.82, 2.24) is 9.97 Å². The van der Waals surface area contributed by atoms with Gasteiger partial charge in [0.2, 0.25) is 0 Å². The Kier molecular flexibility index (Phi) is 8.30. The molecule has 4 heteroatoms. The van der Waals surface area contributed by atoms with Crippen LogP contribution in [0, 0.1) is 5.92 Å². The molecule has 0 saturated heterocycles. The summed E-state index contributed by atoms with van der Waals surface area (Å²) in [6.07, 6.45) is 19.6. The van der Waals surface area contributed by atoms with Crippen molar-refractivity contribution < 1.29 is 9.90 Å². The fourth-order valence-electron chi connectivity index (χ4n) is 7.59. The topological polar surface area (TPSA) is 63.1 Å². The molecule has 0 amide bonds. The Morgan fingerprint density at radius 2 is 1.71 bits per heavy atom. The van der Waals surface area contributed by atoms with E-state index in [4.69, 9.17) is 5.11 Å². The van der Waals surface area contributed by atoms with Gasteiger partial charge >= 0.3 is 5.97 Å². The van der Waals surface area contributed by atoms with Crippen molar-refractivity contribution in [2.45, 2.75) is 70.6 Å². The highest BCUT2D eigenvalue weighted by Gasteiger charge is 2.25. The van der Waals surface area contributed by atoms with Crippen molar-refractivity contribution >= 4 is 33.3 Å². The van der Waals surface area contributed by atoms with E-state index in [1.807, 2.05) is 0 Å². The van der Waals surface area contributed by atoms with Crippen LogP contribution in [0.15, 0.2) is 103 Å². The number of hydrogen-bond acceptors (Lipinski definition) is 3. The number of carboxylic acids is 1. The average molecular weight is 593 g/mol. The van der Waals surface area contributed by atoms with Crippen molar-refractivity contribution in [3.8, 4) is 11.1 Å². The van der Waals surface area contributed by atoms with Crippen LogP contribution in [0.25, 0.3) is 38.5 Å². The zero-order chi connectivity index (χ0) is 30.8. The first-order valence-corrected chi connectivity index (χ1v) is 16.6. The third kappa shape index (κ3) is 5.94. The molecule has 0 radical (unpaired) electrons. The molecule has 1 fully saturated rings. The first-order chi connectivity index (χ1) is 22.1. The van der Waals surface area contributed by atoms with Gasteiger partial charge in [-0.1, -0.05) is 98.5 Å². The van der Waals surface area contributed by atoms with Gasteiger partial charge in [-0.25, -0.2) is 14.8 Å². The van der Waals surface area contributed by atoms with Gasteiger partial charge < -0.3 is 5.11 Å². The number of allylic oxidation sites excluding steroid dienone is 4. The van der Waals surface area contributed by atoms with Gasteiger partial charge in [0, 0.05) is 17.8 Å². The molecule has 45 heavy (non-hydrogen) atoms. The summed E-state index contributed by atoms with van der Waals surface area (Å²) in [5.74, 6) is 0.486. The molecule has 0 aliphatic heterocycles. The number of carbonyl (C=O) groups is 1. The quantitative estimate of drug-likeness (QED) is 0.225. The molecule has 0 spiro atoms. The van der Waals surface area contributed by atoms with Crippen LogP contribution in [0.2, 0.25) is 0 Å². The minimum absolute atomic E-state index is 0.181. The summed E-state index contributed by atoms with van der Waals surface area (Å²) in [6.45, 7) is 2.32. The number of carboxylic acid groups (broad SMARTS) is 1. The summed E-state index contributed by atoms with van der Waals surface area (Å²) in [4.78, 5) is 18.5. The molecule has 8 rings (SSSR count). The Labute approximate surface area is 265 Å². The summed E-state index contributed by atoms with van der Waals surface area (Å²) >= 11 is 0. The third-order valence-electron chi connectivity index (χ3n) is 10.0. The maximum absolute atomic E-state index is 10.6. The minimum atomic E-state index is -0.974. The van der Waals surface area contributed by atoms with Crippen LogP contribution >= 0.6 is 0 Å². The van der Waals surface area contributed by atoms with Crippen molar-refractivity contribution in [2.75, 3.05) is 0 Å². The molecule has 3 aliphatic rings. The molecule has 1 N–H and O–H groups in total. The number of rotatable bonds is 4. The molecular formula is C41H40N2O2. The molecule has 4 nitrogen and oxygen atoms in total. The number of hydrogen-bond donors (Lipinski definition) is 1. The summed E-state index contributed by atoms with van der Waals surface area (Å²) < 4.78 is 0. The van der Waals surface area contributed by atoms with Crippen LogP contribution in [0.3, 0.4) is 0 Å². The van der Waals surface area contributed by atoms with E-state index in [-0.39, 0.29) is 5.56 Å². The number of aromatic nitrogens is 2. The molecule has 1 unspecified atom stereocenters. The zero-order valence-electron chi connectivity index (χ0n) is 26.0. The van der Waals surface area contributed by atoms with Gasteiger partial charge in [-0.3, -0.25) is 0 Å². The highest BCUT2D eigenvalue weighted by Crippen LogP contribution is 2.45. The smallest absolute Gasteiger partial charge is 0.337 e. The van der Waals surface area contributed by atoms with Crippen LogP contribution < -0.4 is 0 Å². The number of nitrogens with zero attached hydrogens (tertiary/aromatic N) is 2. The van der Waals surface area contributed by atoms with E-state index in [1.165, 1.54) is 97.0 Å². The summed E-state index contributed by atoms with van der Waals surface area (Å²) in [6, 6.07) is 26.2. The van der Waals surface area contributed by atoms with E-state index in [1.54, 1.807) is 41.1 Å². The molecule has 2 aromatic heterocycles. The van der Waals surface area contributed by atoms with E-state index >= 15 is 0 Å². The molecule has 1 atom stereocenters. The van der Waals surface area contributed by atoms with Crippen LogP contribution in [-0.2, 0) is 6.42 Å². The van der Waals surface area contributed by atoms with Gasteiger partial charge in [0.25, 0.3) is 0 Å². The molecule has 0 bridgehead atoms. The first-order valence-electron chi connectivity index (χ1n) is 16.6. The van der Waals surface area contributed by atoms with Gasteiger partial charge in [-0.2, -0.15) is 0 Å². The number of aryl methyl sites for hydroxylation is 1. The Morgan fingerprint density at radius 1 is 0.867 bits per heavy atom. The monoisotopic (exact) mass is 592 g/mol. The van der Waals surface area contributed by atoms with E-state index in [9.17, 15) is 4.79 Å². The second kappa shape index (κ2) is 12.8. The molecule has 3 aromatic carbocycles. The molecule has 2 heterocycles. The van der Waals surface area contributed by atoms with E-state index in [2.05, 4.69) is 83.6 Å². The maximum Gasteiger partial charge on any atom is 0.337 e. The largest absolute Gasteiger partial charge is 0.478 e. The highest BCUT2D eigenvalue weighted by atomic mass is 16.4. The lowest BCUT2D eigenvalue weighted by atomic mass is 9.75. The Bertz CT molecular complexity index is 1930. The van der Waals surface area contributed by atoms with Gasteiger partial charge in [0.05, 0.1) is 5.56 Å². The summed E-state index contributed by atoms with van der Waals surface area (Å²) in [5.41, 5.74) is 11.4. The van der Waals surface area contributed by atoms with Crippen molar-refractivity contribution in [3.05, 3.63) is 125 Å². The van der Waals surface area contributed by atoms with Crippen LogP contribution in [0.4, 0.5) is 0 Å². The standard InChI is InChI=1S/C32H34.C9H6N2O2/c1-2-22-13-16-28-25(19-22)14-18-30-29(28)17-15-26-20-27(23-9-5-3-6-10-23)21-31(32(26)30)24-11-7-4-8-12-24;12-9(13)7-4-6-2-1-3-10-8(6)11-5-7/h4,7-8,11-13,15-17,20-23H,2-3,5-6,9-10,14,18-19H2,1H3;1-5H,(H,12,13). The lowest BCUT2D eigenvalue weighted by Crippen LogP contribution is -2.12. The third-order valence-corrected chi connectivity index (χ3v) is 10.0. The van der Waals surface area contributed by atoms with E-state index in [0.29, 0.717) is 5.65 Å². The molecule has 226 valence electrons. The fourth-order valence-corrected chi connectivity index (χ4v) is 7.59. The Balaban J connectivity index is 0.000000209. The van der Waals surface area contributed by atoms with Crippen LogP contribution in [0.1, 0.15) is 91.3 Å². The van der Waals surface area contributed by atoms with Gasteiger partial charge in [-0.05, 0) is 113 Å². The molecule has 5 aromatic rings. The summed E-state index contributed by atoms with van der Waals surface area (Å²) in [7, 11) is 0. The first kappa shape index (κ1) is 29.2. The maximum atomic E-state index is 10.6. The molecular weight excluding hydrogens is 552 g/mol. The van der Waals surface area contributed by atoms with E-state index in [0.717, 1.165) is 17.2 Å².